The maximum Gasteiger partial charge on any atom is 0.501 e. The normalized spacial score (nSPS) is 12.1. The monoisotopic (exact) mass is 393 g/mol. The fourth-order valence-corrected chi connectivity index (χ4v) is 9.99. The fraction of sp³-hybridized carbons (Fsp3) is 0.462. The number of rotatable bonds is 10. The van der Waals surface area contributed by atoms with Crippen LogP contribution in [0.2, 0.25) is 6.04 Å². The third-order valence-electron chi connectivity index (χ3n) is 2.91. The molecule has 0 radical (unpaired) electrons. The third kappa shape index (κ3) is 5.13. The van der Waals surface area contributed by atoms with Crippen LogP contribution in [0.5, 0.6) is 0 Å². The van der Waals surface area contributed by atoms with Gasteiger partial charge in [-0.2, -0.15) is 0 Å². The van der Waals surface area contributed by atoms with E-state index in [2.05, 4.69) is 11.1 Å². The van der Waals surface area contributed by atoms with E-state index in [9.17, 15) is 0 Å². The third-order valence-corrected chi connectivity index (χ3v) is 11.5. The van der Waals surface area contributed by atoms with E-state index in [1.807, 2.05) is 25.1 Å². The Morgan fingerprint density at radius 3 is 2.68 bits per heavy atom. The zero-order chi connectivity index (χ0) is 15.8. The van der Waals surface area contributed by atoms with Gasteiger partial charge < -0.3 is 13.3 Å². The van der Waals surface area contributed by atoms with E-state index in [0.717, 1.165) is 21.7 Å². The maximum absolute atomic E-state index is 5.69. The van der Waals surface area contributed by atoms with E-state index >= 15 is 0 Å². The van der Waals surface area contributed by atoms with Gasteiger partial charge >= 0.3 is 8.80 Å². The number of hydrogen-bond donors (Lipinski definition) is 0. The van der Waals surface area contributed by atoms with Crippen molar-refractivity contribution in [2.45, 2.75) is 17.3 Å². The van der Waals surface area contributed by atoms with Gasteiger partial charge in [0.05, 0.1) is 10.2 Å². The van der Waals surface area contributed by atoms with Gasteiger partial charge in [0.1, 0.15) is 0 Å². The molecule has 0 fully saturated rings. The Hall–Kier alpha value is 0.257. The number of para-hydroxylation sites is 1. The number of hydrogen-bond acceptors (Lipinski definition) is 8. The summed E-state index contributed by atoms with van der Waals surface area (Å²) in [5.74, 6) is 0.927. The largest absolute Gasteiger partial charge is 0.501 e. The molecule has 0 aliphatic carbocycles. The molecule has 0 aliphatic rings. The van der Waals surface area contributed by atoms with Gasteiger partial charge in [-0.15, -0.1) is 11.3 Å². The van der Waals surface area contributed by atoms with E-state index < -0.39 is 8.80 Å². The second-order valence-corrected chi connectivity index (χ2v) is 12.6. The molecule has 0 bridgehead atoms. The summed E-state index contributed by atoms with van der Waals surface area (Å²) in [4.78, 5) is 4.60. The quantitative estimate of drug-likeness (QED) is 0.321. The standard InChI is InChI=1S/C13H19NO3S4Si/c1-4-17-22(15-2,16-3)10-9-18-21-20-13-14-11-7-5-6-8-12(11)19-13/h5-8H,4,9-10H2,1-3H3. The Kier molecular flexibility index (Phi) is 8.05. The van der Waals surface area contributed by atoms with Crippen molar-refractivity contribution >= 4 is 61.8 Å². The predicted octanol–water partition coefficient (Wildman–Crippen LogP) is 4.95. The van der Waals surface area contributed by atoms with Crippen LogP contribution in [0.15, 0.2) is 28.6 Å². The Bertz CT molecular complexity index is 546. The van der Waals surface area contributed by atoms with Crippen molar-refractivity contribution in [3.05, 3.63) is 24.3 Å². The molecule has 1 aromatic heterocycles. The van der Waals surface area contributed by atoms with E-state index in [4.69, 9.17) is 13.3 Å². The smallest absolute Gasteiger partial charge is 0.377 e. The van der Waals surface area contributed by atoms with Gasteiger partial charge in [-0.1, -0.05) is 22.9 Å². The van der Waals surface area contributed by atoms with E-state index in [0.29, 0.717) is 6.61 Å². The van der Waals surface area contributed by atoms with Gasteiger partial charge in [-0.25, -0.2) is 4.98 Å². The Morgan fingerprint density at radius 2 is 2.00 bits per heavy atom. The van der Waals surface area contributed by atoms with E-state index in [1.54, 1.807) is 57.0 Å². The molecule has 0 N–H and O–H groups in total. The highest BCUT2D eigenvalue weighted by Gasteiger charge is 2.38. The average Bonchev–Trinajstić information content (AvgIpc) is 2.96. The zero-order valence-corrected chi connectivity index (χ0v) is 17.0. The Morgan fingerprint density at radius 1 is 1.23 bits per heavy atom. The van der Waals surface area contributed by atoms with Gasteiger partial charge in [-0.3, -0.25) is 0 Å². The minimum Gasteiger partial charge on any atom is -0.377 e. The molecule has 2 aromatic rings. The number of benzene rings is 1. The minimum absolute atomic E-state index is 0.617. The molecule has 0 aliphatic heterocycles. The molecule has 1 aromatic carbocycles. The van der Waals surface area contributed by atoms with Crippen molar-refractivity contribution in [3.8, 4) is 0 Å². The predicted molar refractivity (Wildman–Crippen MR) is 102 cm³/mol. The fourth-order valence-electron chi connectivity index (χ4n) is 1.84. The van der Waals surface area contributed by atoms with Crippen LogP contribution in [-0.2, 0) is 13.3 Å². The van der Waals surface area contributed by atoms with Crippen molar-refractivity contribution in [2.75, 3.05) is 26.6 Å². The van der Waals surface area contributed by atoms with Gasteiger partial charge in [0.2, 0.25) is 0 Å². The number of fused-ring (bicyclic) bond motifs is 1. The molecule has 22 heavy (non-hydrogen) atoms. The summed E-state index contributed by atoms with van der Waals surface area (Å²) < 4.78 is 19.0. The molecule has 0 atom stereocenters. The maximum atomic E-state index is 5.69. The first-order chi connectivity index (χ1) is 10.7. The first kappa shape index (κ1) is 18.6. The van der Waals surface area contributed by atoms with Crippen molar-refractivity contribution in [2.24, 2.45) is 0 Å². The lowest BCUT2D eigenvalue weighted by molar-refractivity contribution is 0.106. The van der Waals surface area contributed by atoms with Crippen molar-refractivity contribution in [1.82, 2.24) is 4.98 Å². The van der Waals surface area contributed by atoms with Gasteiger partial charge in [0.15, 0.2) is 4.34 Å². The van der Waals surface area contributed by atoms with Crippen LogP contribution in [0.1, 0.15) is 6.92 Å². The van der Waals surface area contributed by atoms with Gasteiger partial charge in [-0.05, 0) is 39.7 Å². The molecule has 9 heteroatoms. The Labute approximate surface area is 147 Å². The Balaban J connectivity index is 1.74. The molecule has 0 saturated heterocycles. The van der Waals surface area contributed by atoms with Crippen LogP contribution in [0, 0.1) is 0 Å². The summed E-state index contributed by atoms with van der Waals surface area (Å²) in [5.41, 5.74) is 1.07. The summed E-state index contributed by atoms with van der Waals surface area (Å²) in [6.07, 6.45) is 0. The van der Waals surface area contributed by atoms with E-state index in [1.165, 1.54) is 4.70 Å². The van der Waals surface area contributed by atoms with Crippen LogP contribution < -0.4 is 0 Å². The molecule has 0 spiro atoms. The topological polar surface area (TPSA) is 40.6 Å². The minimum atomic E-state index is -2.46. The van der Waals surface area contributed by atoms with Crippen molar-refractivity contribution in [3.63, 3.8) is 0 Å². The summed E-state index contributed by atoms with van der Waals surface area (Å²) in [7, 11) is 6.10. The first-order valence-electron chi connectivity index (χ1n) is 6.79. The summed E-state index contributed by atoms with van der Waals surface area (Å²) in [6.45, 7) is 2.58. The average molecular weight is 394 g/mol. The van der Waals surface area contributed by atoms with Crippen LogP contribution in [0.4, 0.5) is 0 Å². The van der Waals surface area contributed by atoms with Gasteiger partial charge in [0, 0.05) is 32.6 Å². The summed E-state index contributed by atoms with van der Waals surface area (Å²) >= 11 is 1.73. The molecule has 122 valence electrons. The molecule has 0 saturated carbocycles. The summed E-state index contributed by atoms with van der Waals surface area (Å²) in [5, 5.41) is 0. The van der Waals surface area contributed by atoms with Crippen molar-refractivity contribution in [1.29, 1.82) is 0 Å². The highest BCUT2D eigenvalue weighted by molar-refractivity contribution is 9.09. The molecule has 4 nitrogen and oxygen atoms in total. The molecule has 0 unspecified atom stereocenters. The lowest BCUT2D eigenvalue weighted by Gasteiger charge is -2.25. The summed E-state index contributed by atoms with van der Waals surface area (Å²) in [6, 6.07) is 9.03. The molecular weight excluding hydrogens is 375 g/mol. The number of nitrogens with zero attached hydrogens (tertiary/aromatic N) is 1. The van der Waals surface area contributed by atoms with E-state index in [-0.39, 0.29) is 0 Å². The lowest BCUT2D eigenvalue weighted by atomic mass is 10.3. The van der Waals surface area contributed by atoms with Crippen LogP contribution in [0.3, 0.4) is 0 Å². The molecule has 2 rings (SSSR count). The molecule has 1 heterocycles. The molecule has 0 amide bonds. The first-order valence-corrected chi connectivity index (χ1v) is 13.2. The highest BCUT2D eigenvalue weighted by atomic mass is 33.5. The highest BCUT2D eigenvalue weighted by Crippen LogP contribution is 2.43. The number of thiazole rings is 1. The lowest BCUT2D eigenvalue weighted by Crippen LogP contribution is -2.44. The van der Waals surface area contributed by atoms with Gasteiger partial charge in [0.25, 0.3) is 0 Å². The second kappa shape index (κ2) is 9.53. The van der Waals surface area contributed by atoms with Crippen LogP contribution >= 0.6 is 42.8 Å². The van der Waals surface area contributed by atoms with Crippen molar-refractivity contribution < 1.29 is 13.3 Å². The second-order valence-electron chi connectivity index (χ2n) is 4.20. The zero-order valence-electron chi connectivity index (χ0n) is 12.7. The molecular formula is C13H19NO3S4Si. The number of aromatic nitrogens is 1. The van der Waals surface area contributed by atoms with Crippen LogP contribution in [-0.4, -0.2) is 40.4 Å². The SMILES string of the molecule is CCO[Si](CCSSSc1nc2ccccc2s1)(OC)OC. The van der Waals surface area contributed by atoms with Crippen LogP contribution in [0.25, 0.3) is 10.2 Å².